The number of anilines is 3. The lowest BCUT2D eigenvalue weighted by Crippen LogP contribution is -2.26. The van der Waals surface area contributed by atoms with E-state index in [1.54, 1.807) is 0 Å². The Labute approximate surface area is 84.1 Å². The van der Waals surface area contributed by atoms with Crippen molar-refractivity contribution in [2.45, 2.75) is 12.3 Å². The van der Waals surface area contributed by atoms with Gasteiger partial charge >= 0.3 is 0 Å². The zero-order chi connectivity index (χ0) is 10.6. The van der Waals surface area contributed by atoms with E-state index in [0.717, 1.165) is 0 Å². The molecule has 0 saturated heterocycles. The Hall–Kier alpha value is -2.18. The van der Waals surface area contributed by atoms with Gasteiger partial charge in [0.25, 0.3) is 0 Å². The van der Waals surface area contributed by atoms with Crippen molar-refractivity contribution in [1.82, 2.24) is 9.97 Å². The number of nitrogen functional groups attached to an aromatic ring is 1. The molecule has 0 aliphatic carbocycles. The number of rotatable bonds is 0. The number of hydrogen-bond donors (Lipinski definition) is 3. The zero-order valence-electron chi connectivity index (χ0n) is 7.57. The number of amides is 2. The van der Waals surface area contributed by atoms with Gasteiger partial charge in [0.1, 0.15) is 11.6 Å². The number of hydrogen-bond acceptors (Lipinski definition) is 5. The molecule has 0 bridgehead atoms. The summed E-state index contributed by atoms with van der Waals surface area (Å²) in [7, 11) is 0. The molecule has 7 heteroatoms. The van der Waals surface area contributed by atoms with Gasteiger partial charge in [0.05, 0.1) is 11.5 Å². The van der Waals surface area contributed by atoms with E-state index >= 15 is 0 Å². The van der Waals surface area contributed by atoms with Crippen molar-refractivity contribution in [2.24, 2.45) is 0 Å². The third-order valence-electron chi connectivity index (χ3n) is 2.52. The minimum absolute atomic E-state index is 0.0342. The summed E-state index contributed by atoms with van der Waals surface area (Å²) in [5, 5.41) is 5.15. The smallest absolute Gasteiger partial charge is 0.233 e. The van der Waals surface area contributed by atoms with Gasteiger partial charge in [0, 0.05) is 6.42 Å². The average Bonchev–Trinajstić information content (AvgIpc) is 2.43. The summed E-state index contributed by atoms with van der Waals surface area (Å²) in [6.45, 7) is 0. The van der Waals surface area contributed by atoms with Crippen LogP contribution in [0.2, 0.25) is 0 Å². The van der Waals surface area contributed by atoms with Crippen molar-refractivity contribution in [2.75, 3.05) is 16.4 Å². The maximum absolute atomic E-state index is 11.5. The molecule has 2 aliphatic heterocycles. The lowest BCUT2D eigenvalue weighted by molar-refractivity contribution is -0.122. The van der Waals surface area contributed by atoms with Crippen LogP contribution < -0.4 is 16.4 Å². The maximum Gasteiger partial charge on any atom is 0.233 e. The summed E-state index contributed by atoms with van der Waals surface area (Å²) in [5.74, 6) is -0.129. The van der Waals surface area contributed by atoms with Crippen LogP contribution in [0.25, 0.3) is 0 Å². The topological polar surface area (TPSA) is 110 Å². The van der Waals surface area contributed by atoms with Crippen molar-refractivity contribution in [1.29, 1.82) is 0 Å². The van der Waals surface area contributed by atoms with Crippen LogP contribution in [0.1, 0.15) is 17.9 Å². The summed E-state index contributed by atoms with van der Waals surface area (Å²) in [6, 6.07) is 0. The highest BCUT2D eigenvalue weighted by Crippen LogP contribution is 2.40. The first-order valence-corrected chi connectivity index (χ1v) is 4.43. The van der Waals surface area contributed by atoms with Crippen molar-refractivity contribution >= 4 is 29.4 Å². The number of carbonyl (C=O) groups is 2. The van der Waals surface area contributed by atoms with Crippen LogP contribution in [0.5, 0.6) is 0 Å². The summed E-state index contributed by atoms with van der Waals surface area (Å²) in [4.78, 5) is 30.6. The van der Waals surface area contributed by atoms with Crippen molar-refractivity contribution < 1.29 is 9.59 Å². The van der Waals surface area contributed by atoms with Gasteiger partial charge in [0.2, 0.25) is 17.8 Å². The van der Waals surface area contributed by atoms with Gasteiger partial charge in [-0.05, 0) is 0 Å². The third-order valence-corrected chi connectivity index (χ3v) is 2.52. The third kappa shape index (κ3) is 0.997. The summed E-state index contributed by atoms with van der Waals surface area (Å²) < 4.78 is 0. The average molecular weight is 205 g/mol. The molecule has 1 aromatic rings. The minimum Gasteiger partial charge on any atom is -0.368 e. The molecule has 0 radical (unpaired) electrons. The minimum atomic E-state index is -0.468. The molecule has 3 rings (SSSR count). The van der Waals surface area contributed by atoms with Crippen molar-refractivity contribution in [3.8, 4) is 0 Å². The Morgan fingerprint density at radius 1 is 1.20 bits per heavy atom. The molecule has 0 fully saturated rings. The Morgan fingerprint density at radius 2 is 1.87 bits per heavy atom. The molecule has 4 N–H and O–H groups in total. The molecule has 76 valence electrons. The number of nitrogens with two attached hydrogens (primary N) is 1. The first-order chi connectivity index (χ1) is 7.15. The van der Waals surface area contributed by atoms with Gasteiger partial charge in [-0.2, -0.15) is 9.97 Å². The lowest BCUT2D eigenvalue weighted by Gasteiger charge is -2.18. The van der Waals surface area contributed by atoms with Crippen LogP contribution in [-0.2, 0) is 9.59 Å². The molecule has 1 atom stereocenters. The van der Waals surface area contributed by atoms with Crippen LogP contribution in [0.4, 0.5) is 17.6 Å². The normalized spacial score (nSPS) is 22.0. The Balaban J connectivity index is 2.26. The highest BCUT2D eigenvalue weighted by atomic mass is 16.2. The van der Waals surface area contributed by atoms with E-state index in [1.165, 1.54) is 0 Å². The molecule has 0 unspecified atom stereocenters. The first-order valence-electron chi connectivity index (χ1n) is 4.43. The van der Waals surface area contributed by atoms with E-state index in [2.05, 4.69) is 20.6 Å². The van der Waals surface area contributed by atoms with E-state index < -0.39 is 5.92 Å². The van der Waals surface area contributed by atoms with Crippen LogP contribution in [0.3, 0.4) is 0 Å². The standard InChI is InChI=1S/C8H7N5O2/c9-8-12-5-4-2(1-3(14)10-5)7(15)11-6(4)13-8/h2H,1H2,(H4,9,10,11,12,13,14,15)/t2-/m1/s1. The molecule has 0 aromatic carbocycles. The largest absolute Gasteiger partial charge is 0.368 e. The van der Waals surface area contributed by atoms with Gasteiger partial charge in [-0.3, -0.25) is 9.59 Å². The molecule has 7 nitrogen and oxygen atoms in total. The van der Waals surface area contributed by atoms with Crippen LogP contribution in [0.15, 0.2) is 0 Å². The summed E-state index contributed by atoms with van der Waals surface area (Å²) in [6.07, 6.45) is 0.138. The second-order valence-electron chi connectivity index (χ2n) is 3.49. The van der Waals surface area contributed by atoms with E-state index in [1.807, 2.05) is 0 Å². The summed E-state index contributed by atoms with van der Waals surface area (Å²) >= 11 is 0. The molecule has 1 aromatic heterocycles. The highest BCUT2D eigenvalue weighted by Gasteiger charge is 2.40. The Kier molecular flexibility index (Phi) is 1.33. The molecular weight excluding hydrogens is 198 g/mol. The van der Waals surface area contributed by atoms with Gasteiger partial charge in [-0.15, -0.1) is 0 Å². The summed E-state index contributed by atoms with van der Waals surface area (Å²) in [5.41, 5.74) is 6.09. The second-order valence-corrected chi connectivity index (χ2v) is 3.49. The van der Waals surface area contributed by atoms with Crippen LogP contribution >= 0.6 is 0 Å². The zero-order valence-corrected chi connectivity index (χ0v) is 7.57. The SMILES string of the molecule is Nc1nc2c3c(n1)NC(=O)[C@@H]3CC(=O)N2. The van der Waals surface area contributed by atoms with E-state index in [9.17, 15) is 9.59 Å². The monoisotopic (exact) mass is 205 g/mol. The number of nitrogens with one attached hydrogen (secondary N) is 2. The Morgan fingerprint density at radius 3 is 2.60 bits per heavy atom. The predicted molar refractivity (Wildman–Crippen MR) is 51.1 cm³/mol. The molecule has 0 spiro atoms. The van der Waals surface area contributed by atoms with Gasteiger partial charge in [-0.25, -0.2) is 0 Å². The maximum atomic E-state index is 11.5. The number of aromatic nitrogens is 2. The number of carbonyl (C=O) groups excluding carboxylic acids is 2. The molecule has 2 aliphatic rings. The number of nitrogens with zero attached hydrogens (tertiary/aromatic N) is 2. The van der Waals surface area contributed by atoms with Crippen LogP contribution in [-0.4, -0.2) is 21.8 Å². The highest BCUT2D eigenvalue weighted by molar-refractivity contribution is 6.10. The van der Waals surface area contributed by atoms with E-state index in [-0.39, 0.29) is 24.2 Å². The molecule has 15 heavy (non-hydrogen) atoms. The second kappa shape index (κ2) is 2.44. The lowest BCUT2D eigenvalue weighted by atomic mass is 9.95. The first kappa shape index (κ1) is 8.16. The quantitative estimate of drug-likeness (QED) is 0.525. The van der Waals surface area contributed by atoms with Crippen LogP contribution in [0, 0.1) is 0 Å². The predicted octanol–water partition coefficient (Wildman–Crippen LogP) is -0.563. The van der Waals surface area contributed by atoms with Crippen molar-refractivity contribution in [3.05, 3.63) is 5.56 Å². The Bertz CT molecular complexity index is 498. The molecule has 2 amide bonds. The van der Waals surface area contributed by atoms with Gasteiger partial charge in [-0.1, -0.05) is 0 Å². The van der Waals surface area contributed by atoms with Crippen molar-refractivity contribution in [3.63, 3.8) is 0 Å². The molecule has 3 heterocycles. The molecule has 0 saturated carbocycles. The fourth-order valence-corrected chi connectivity index (χ4v) is 1.91. The fraction of sp³-hybridized carbons (Fsp3) is 0.250. The van der Waals surface area contributed by atoms with Gasteiger partial charge in [0.15, 0.2) is 0 Å². The molecular formula is C8H7N5O2. The fourth-order valence-electron chi connectivity index (χ4n) is 1.91. The van der Waals surface area contributed by atoms with E-state index in [4.69, 9.17) is 5.73 Å². The van der Waals surface area contributed by atoms with Gasteiger partial charge < -0.3 is 16.4 Å². The van der Waals surface area contributed by atoms with E-state index in [0.29, 0.717) is 17.2 Å².